The number of anilines is 2. The first kappa shape index (κ1) is 15.4. The second-order valence-corrected chi connectivity index (χ2v) is 5.94. The predicted molar refractivity (Wildman–Crippen MR) is 88.1 cm³/mol. The van der Waals surface area contributed by atoms with Gasteiger partial charge in [0.1, 0.15) is 5.82 Å². The van der Waals surface area contributed by atoms with Crippen LogP contribution in [0.5, 0.6) is 11.5 Å². The number of carbonyl (C=O) groups is 2. The first-order valence-corrected chi connectivity index (χ1v) is 7.86. The molecule has 0 bridgehead atoms. The molecule has 0 radical (unpaired) electrons. The van der Waals surface area contributed by atoms with E-state index in [1.54, 1.807) is 29.2 Å². The minimum atomic E-state index is -0.499. The van der Waals surface area contributed by atoms with Crippen LogP contribution in [0.15, 0.2) is 42.5 Å². The molecule has 0 aliphatic carbocycles. The minimum absolute atomic E-state index is 0.107. The Balaban J connectivity index is 1.47. The zero-order valence-corrected chi connectivity index (χ0v) is 13.2. The average molecular weight is 342 g/mol. The van der Waals surface area contributed by atoms with Crippen molar-refractivity contribution in [3.8, 4) is 11.5 Å². The molecule has 2 aromatic rings. The van der Waals surface area contributed by atoms with Gasteiger partial charge in [0, 0.05) is 30.4 Å². The van der Waals surface area contributed by atoms with Gasteiger partial charge in [0.05, 0.1) is 5.92 Å². The molecule has 1 unspecified atom stereocenters. The van der Waals surface area contributed by atoms with Crippen molar-refractivity contribution in [2.75, 3.05) is 23.6 Å². The van der Waals surface area contributed by atoms with Crippen LogP contribution in [0.4, 0.5) is 15.8 Å². The number of halogens is 1. The molecule has 2 aliphatic rings. The summed E-state index contributed by atoms with van der Waals surface area (Å²) < 4.78 is 23.8. The summed E-state index contributed by atoms with van der Waals surface area (Å²) in [5.74, 6) is -0.155. The normalized spacial score (nSPS) is 18.5. The fraction of sp³-hybridized carbons (Fsp3) is 0.222. The maximum atomic E-state index is 13.2. The fourth-order valence-corrected chi connectivity index (χ4v) is 3.00. The molecule has 2 heterocycles. The topological polar surface area (TPSA) is 67.9 Å². The lowest BCUT2D eigenvalue weighted by atomic mass is 10.1. The molecule has 25 heavy (non-hydrogen) atoms. The van der Waals surface area contributed by atoms with E-state index >= 15 is 0 Å². The molecule has 1 N–H and O–H groups in total. The van der Waals surface area contributed by atoms with Gasteiger partial charge in [-0.15, -0.1) is 0 Å². The van der Waals surface area contributed by atoms with Gasteiger partial charge in [-0.25, -0.2) is 4.39 Å². The third kappa shape index (κ3) is 3.00. The average Bonchev–Trinajstić information content (AvgIpc) is 3.20. The van der Waals surface area contributed by atoms with E-state index in [2.05, 4.69) is 5.32 Å². The number of fused-ring (bicyclic) bond motifs is 1. The molecule has 1 saturated heterocycles. The van der Waals surface area contributed by atoms with Crippen molar-refractivity contribution < 1.29 is 23.5 Å². The highest BCUT2D eigenvalue weighted by molar-refractivity contribution is 6.03. The first-order chi connectivity index (χ1) is 12.1. The largest absolute Gasteiger partial charge is 0.454 e. The first-order valence-electron chi connectivity index (χ1n) is 7.86. The lowest BCUT2D eigenvalue weighted by Gasteiger charge is -2.17. The summed E-state index contributed by atoms with van der Waals surface area (Å²) in [6.45, 7) is 0.422. The number of hydrogen-bond acceptors (Lipinski definition) is 4. The van der Waals surface area contributed by atoms with Crippen molar-refractivity contribution in [1.29, 1.82) is 0 Å². The van der Waals surface area contributed by atoms with Crippen LogP contribution in [0.1, 0.15) is 6.42 Å². The van der Waals surface area contributed by atoms with E-state index in [9.17, 15) is 14.0 Å². The Kier molecular flexibility index (Phi) is 3.76. The Bertz CT molecular complexity index is 855. The maximum Gasteiger partial charge on any atom is 0.231 e. The van der Waals surface area contributed by atoms with Crippen molar-refractivity contribution in [3.05, 3.63) is 48.3 Å². The fourth-order valence-electron chi connectivity index (χ4n) is 3.00. The van der Waals surface area contributed by atoms with E-state index < -0.39 is 11.7 Å². The highest BCUT2D eigenvalue weighted by Gasteiger charge is 2.35. The second-order valence-electron chi connectivity index (χ2n) is 5.94. The summed E-state index contributed by atoms with van der Waals surface area (Å²) in [5.41, 5.74) is 1.04. The van der Waals surface area contributed by atoms with Crippen molar-refractivity contribution in [2.45, 2.75) is 6.42 Å². The summed E-state index contributed by atoms with van der Waals surface area (Å²) in [6, 6.07) is 10.9. The molecule has 6 nitrogen and oxygen atoms in total. The zero-order valence-electron chi connectivity index (χ0n) is 13.2. The van der Waals surface area contributed by atoms with Gasteiger partial charge < -0.3 is 19.7 Å². The van der Waals surface area contributed by atoms with E-state index in [0.717, 1.165) is 0 Å². The molecule has 1 atom stereocenters. The Morgan fingerprint density at radius 1 is 1.16 bits per heavy atom. The molecule has 128 valence electrons. The van der Waals surface area contributed by atoms with Crippen LogP contribution in [0.25, 0.3) is 0 Å². The van der Waals surface area contributed by atoms with Crippen LogP contribution in [0, 0.1) is 11.7 Å². The molecule has 2 aromatic carbocycles. The monoisotopic (exact) mass is 342 g/mol. The van der Waals surface area contributed by atoms with E-state index in [1.807, 2.05) is 0 Å². The number of amides is 2. The zero-order chi connectivity index (χ0) is 17.4. The van der Waals surface area contributed by atoms with E-state index in [4.69, 9.17) is 9.47 Å². The van der Waals surface area contributed by atoms with Gasteiger partial charge in [-0.3, -0.25) is 9.59 Å². The third-order valence-corrected chi connectivity index (χ3v) is 4.26. The number of hydrogen-bond donors (Lipinski definition) is 1. The SMILES string of the molecule is O=C(Nc1cccc(F)c1)C1CC(=O)N(c2ccc3c(c2)OCO3)C1. The van der Waals surface area contributed by atoms with Gasteiger partial charge in [0.15, 0.2) is 11.5 Å². The molecule has 1 fully saturated rings. The standard InChI is InChI=1S/C18H15FN2O4/c19-12-2-1-3-13(7-12)20-18(23)11-6-17(22)21(9-11)14-4-5-15-16(8-14)25-10-24-15/h1-5,7-8,11H,6,9-10H2,(H,20,23). The van der Waals surface area contributed by atoms with Crippen molar-refractivity contribution >= 4 is 23.2 Å². The Morgan fingerprint density at radius 2 is 2.00 bits per heavy atom. The van der Waals surface area contributed by atoms with Crippen LogP contribution in [0.3, 0.4) is 0 Å². The summed E-state index contributed by atoms with van der Waals surface area (Å²) in [7, 11) is 0. The Labute approximate surface area is 143 Å². The van der Waals surface area contributed by atoms with Crippen LogP contribution in [-0.2, 0) is 9.59 Å². The van der Waals surface area contributed by atoms with Gasteiger partial charge in [-0.1, -0.05) is 6.07 Å². The van der Waals surface area contributed by atoms with E-state index in [1.165, 1.54) is 18.2 Å². The van der Waals surface area contributed by atoms with Gasteiger partial charge in [0.25, 0.3) is 0 Å². The minimum Gasteiger partial charge on any atom is -0.454 e. The summed E-state index contributed by atoms with van der Waals surface area (Å²) in [6.07, 6.45) is 0.107. The third-order valence-electron chi connectivity index (χ3n) is 4.26. The molecule has 0 spiro atoms. The molecule has 2 aliphatic heterocycles. The molecule has 0 aromatic heterocycles. The lowest BCUT2D eigenvalue weighted by molar-refractivity contribution is -0.122. The van der Waals surface area contributed by atoms with Crippen molar-refractivity contribution in [1.82, 2.24) is 0 Å². The van der Waals surface area contributed by atoms with Crippen LogP contribution >= 0.6 is 0 Å². The molecule has 4 rings (SSSR count). The summed E-state index contributed by atoms with van der Waals surface area (Å²) in [4.78, 5) is 26.2. The summed E-state index contributed by atoms with van der Waals surface area (Å²) in [5, 5.41) is 2.66. The highest BCUT2D eigenvalue weighted by atomic mass is 19.1. The highest BCUT2D eigenvalue weighted by Crippen LogP contribution is 2.37. The van der Waals surface area contributed by atoms with E-state index in [0.29, 0.717) is 22.9 Å². The molecular formula is C18H15FN2O4. The molecule has 2 amide bonds. The van der Waals surface area contributed by atoms with Crippen LogP contribution in [-0.4, -0.2) is 25.2 Å². The second kappa shape index (κ2) is 6.08. The summed E-state index contributed by atoms with van der Waals surface area (Å²) >= 11 is 0. The predicted octanol–water partition coefficient (Wildman–Crippen LogP) is 2.55. The van der Waals surface area contributed by atoms with Crippen molar-refractivity contribution in [3.63, 3.8) is 0 Å². The lowest BCUT2D eigenvalue weighted by Crippen LogP contribution is -2.28. The number of ether oxygens (including phenoxy) is 2. The number of carbonyl (C=O) groups excluding carboxylic acids is 2. The number of nitrogens with zero attached hydrogens (tertiary/aromatic N) is 1. The van der Waals surface area contributed by atoms with Gasteiger partial charge >= 0.3 is 0 Å². The number of nitrogens with one attached hydrogen (secondary N) is 1. The van der Waals surface area contributed by atoms with E-state index in [-0.39, 0.29) is 31.6 Å². The Hall–Kier alpha value is -3.09. The van der Waals surface area contributed by atoms with Crippen LogP contribution < -0.4 is 19.7 Å². The number of rotatable bonds is 3. The van der Waals surface area contributed by atoms with Gasteiger partial charge in [0.2, 0.25) is 18.6 Å². The Morgan fingerprint density at radius 3 is 2.84 bits per heavy atom. The maximum absolute atomic E-state index is 13.2. The van der Waals surface area contributed by atoms with Gasteiger partial charge in [-0.2, -0.15) is 0 Å². The molecule has 0 saturated carbocycles. The quantitative estimate of drug-likeness (QED) is 0.931. The molecular weight excluding hydrogens is 327 g/mol. The number of benzene rings is 2. The smallest absolute Gasteiger partial charge is 0.231 e. The van der Waals surface area contributed by atoms with Crippen molar-refractivity contribution in [2.24, 2.45) is 5.92 Å². The van der Waals surface area contributed by atoms with Gasteiger partial charge in [-0.05, 0) is 30.3 Å². The molecule has 7 heteroatoms. The van der Waals surface area contributed by atoms with Crippen LogP contribution in [0.2, 0.25) is 0 Å².